The number of aliphatic carboxylic acids is 1. The molecule has 18 heavy (non-hydrogen) atoms. The lowest BCUT2D eigenvalue weighted by molar-refractivity contribution is -0.144. The molecule has 3 heteroatoms. The second-order valence-electron chi connectivity index (χ2n) is 6.14. The number of nitrogens with one attached hydrogen (secondary N) is 1. The number of fused-ring (bicyclic) bond motifs is 2. The highest BCUT2D eigenvalue weighted by molar-refractivity contribution is 5.72. The summed E-state index contributed by atoms with van der Waals surface area (Å²) in [5, 5.41) is 13.1. The van der Waals surface area contributed by atoms with Gasteiger partial charge in [0.15, 0.2) is 0 Å². The Kier molecular flexibility index (Phi) is 4.66. The Morgan fingerprint density at radius 3 is 2.67 bits per heavy atom. The Morgan fingerprint density at radius 2 is 2.06 bits per heavy atom. The van der Waals surface area contributed by atoms with Gasteiger partial charge in [-0.1, -0.05) is 26.7 Å². The molecule has 0 saturated heterocycles. The highest BCUT2D eigenvalue weighted by Gasteiger charge is 2.51. The monoisotopic (exact) mass is 253 g/mol. The molecular formula is C15H27NO2. The summed E-state index contributed by atoms with van der Waals surface area (Å²) in [6, 6.07) is 0.749. The maximum atomic E-state index is 11.4. The number of hydrogen-bond acceptors (Lipinski definition) is 2. The van der Waals surface area contributed by atoms with Crippen LogP contribution in [0.15, 0.2) is 0 Å². The van der Waals surface area contributed by atoms with E-state index < -0.39 is 5.97 Å². The lowest BCUT2D eigenvalue weighted by atomic mass is 9.83. The number of unbranched alkanes of at least 4 members (excludes halogenated alkanes) is 1. The minimum atomic E-state index is -0.579. The summed E-state index contributed by atoms with van der Waals surface area (Å²) in [6.07, 6.45) is 8.26. The zero-order valence-electron chi connectivity index (χ0n) is 11.7. The van der Waals surface area contributed by atoms with Crippen molar-refractivity contribution in [2.75, 3.05) is 0 Å². The molecule has 0 aromatic rings. The van der Waals surface area contributed by atoms with Crippen LogP contribution in [0.2, 0.25) is 0 Å². The predicted octanol–water partition coefficient (Wildman–Crippen LogP) is 3.04. The fraction of sp³-hybridized carbons (Fsp3) is 0.933. The molecule has 0 aromatic heterocycles. The summed E-state index contributed by atoms with van der Waals surface area (Å²) in [4.78, 5) is 11.4. The molecule has 104 valence electrons. The molecule has 2 fully saturated rings. The standard InChI is InChI=1S/C15H27NO2/c1-3-5-6-12(4-2)16-14-11-8-7-10(9-11)13(14)15(17)18/h10-14,16H,3-9H2,1-2H3,(H,17,18). The Hall–Kier alpha value is -0.570. The average Bonchev–Trinajstić information content (AvgIpc) is 2.94. The summed E-state index contributed by atoms with van der Waals surface area (Å²) in [6.45, 7) is 4.42. The number of carbonyl (C=O) groups is 1. The van der Waals surface area contributed by atoms with Crippen LogP contribution in [0, 0.1) is 17.8 Å². The molecule has 0 heterocycles. The molecule has 0 amide bonds. The first kappa shape index (κ1) is 13.9. The van der Waals surface area contributed by atoms with Gasteiger partial charge in [-0.05, 0) is 43.9 Å². The minimum absolute atomic E-state index is 0.126. The van der Waals surface area contributed by atoms with E-state index in [1.165, 1.54) is 25.7 Å². The first-order chi connectivity index (χ1) is 8.67. The number of carboxylic acids is 1. The normalized spacial score (nSPS) is 35.9. The van der Waals surface area contributed by atoms with Crippen molar-refractivity contribution in [1.29, 1.82) is 0 Å². The molecule has 0 radical (unpaired) electrons. The van der Waals surface area contributed by atoms with Crippen molar-refractivity contribution in [1.82, 2.24) is 5.32 Å². The fourth-order valence-corrected chi connectivity index (χ4v) is 4.01. The van der Waals surface area contributed by atoms with Crippen molar-refractivity contribution in [3.63, 3.8) is 0 Å². The van der Waals surface area contributed by atoms with Crippen LogP contribution in [-0.2, 0) is 4.79 Å². The highest BCUT2D eigenvalue weighted by Crippen LogP contribution is 2.48. The zero-order chi connectivity index (χ0) is 13.1. The summed E-state index contributed by atoms with van der Waals surface area (Å²) >= 11 is 0. The maximum absolute atomic E-state index is 11.4. The zero-order valence-corrected chi connectivity index (χ0v) is 11.7. The van der Waals surface area contributed by atoms with Gasteiger partial charge in [0.05, 0.1) is 5.92 Å². The van der Waals surface area contributed by atoms with E-state index in [0.29, 0.717) is 17.9 Å². The predicted molar refractivity (Wildman–Crippen MR) is 72.5 cm³/mol. The third-order valence-corrected chi connectivity index (χ3v) is 5.03. The molecule has 2 aliphatic rings. The minimum Gasteiger partial charge on any atom is -0.481 e. The smallest absolute Gasteiger partial charge is 0.308 e. The van der Waals surface area contributed by atoms with Crippen LogP contribution in [0.25, 0.3) is 0 Å². The Balaban J connectivity index is 1.95. The number of carboxylic acid groups (broad SMARTS) is 1. The SMILES string of the molecule is CCCCC(CC)NC1C2CCC(C2)C1C(=O)O. The van der Waals surface area contributed by atoms with Gasteiger partial charge in [-0.15, -0.1) is 0 Å². The Labute approximate surface area is 110 Å². The van der Waals surface area contributed by atoms with Gasteiger partial charge in [0.2, 0.25) is 0 Å². The molecule has 2 aliphatic carbocycles. The third-order valence-electron chi connectivity index (χ3n) is 5.03. The fourth-order valence-electron chi connectivity index (χ4n) is 4.01. The van der Waals surface area contributed by atoms with Crippen molar-refractivity contribution in [3.05, 3.63) is 0 Å². The second kappa shape index (κ2) is 6.05. The topological polar surface area (TPSA) is 49.3 Å². The van der Waals surface area contributed by atoms with Gasteiger partial charge >= 0.3 is 5.97 Å². The van der Waals surface area contributed by atoms with Crippen LogP contribution < -0.4 is 5.32 Å². The number of hydrogen-bond donors (Lipinski definition) is 2. The molecule has 5 atom stereocenters. The van der Waals surface area contributed by atoms with E-state index in [4.69, 9.17) is 0 Å². The van der Waals surface area contributed by atoms with E-state index in [2.05, 4.69) is 19.2 Å². The Morgan fingerprint density at radius 1 is 1.33 bits per heavy atom. The summed E-state index contributed by atoms with van der Waals surface area (Å²) in [5.41, 5.74) is 0. The quantitative estimate of drug-likeness (QED) is 0.733. The van der Waals surface area contributed by atoms with Crippen LogP contribution in [-0.4, -0.2) is 23.2 Å². The van der Waals surface area contributed by atoms with Gasteiger partial charge in [0, 0.05) is 12.1 Å². The van der Waals surface area contributed by atoms with Gasteiger partial charge in [0.1, 0.15) is 0 Å². The Bertz CT molecular complexity index is 292. The van der Waals surface area contributed by atoms with E-state index >= 15 is 0 Å². The molecule has 5 unspecified atom stereocenters. The lowest BCUT2D eigenvalue weighted by Crippen LogP contribution is -2.48. The second-order valence-corrected chi connectivity index (χ2v) is 6.14. The van der Waals surface area contributed by atoms with Crippen molar-refractivity contribution < 1.29 is 9.90 Å². The van der Waals surface area contributed by atoms with Crippen molar-refractivity contribution in [3.8, 4) is 0 Å². The molecule has 0 aromatic carbocycles. The van der Waals surface area contributed by atoms with Crippen molar-refractivity contribution >= 4 is 5.97 Å². The van der Waals surface area contributed by atoms with Crippen LogP contribution in [0.4, 0.5) is 0 Å². The van der Waals surface area contributed by atoms with E-state index in [-0.39, 0.29) is 12.0 Å². The van der Waals surface area contributed by atoms with Crippen LogP contribution in [0.1, 0.15) is 58.8 Å². The van der Waals surface area contributed by atoms with Crippen LogP contribution in [0.3, 0.4) is 0 Å². The molecule has 2 saturated carbocycles. The van der Waals surface area contributed by atoms with E-state index in [0.717, 1.165) is 19.3 Å². The van der Waals surface area contributed by atoms with Crippen molar-refractivity contribution in [2.24, 2.45) is 17.8 Å². The van der Waals surface area contributed by atoms with E-state index in [1.54, 1.807) is 0 Å². The number of rotatable bonds is 7. The molecular weight excluding hydrogens is 226 g/mol. The van der Waals surface area contributed by atoms with Crippen LogP contribution in [0.5, 0.6) is 0 Å². The van der Waals surface area contributed by atoms with Crippen molar-refractivity contribution in [2.45, 2.75) is 70.9 Å². The van der Waals surface area contributed by atoms with Gasteiger partial charge in [-0.25, -0.2) is 0 Å². The van der Waals surface area contributed by atoms with E-state index in [1.807, 2.05) is 0 Å². The summed E-state index contributed by atoms with van der Waals surface area (Å²) in [5.74, 6) is 0.352. The first-order valence-electron chi connectivity index (χ1n) is 7.66. The van der Waals surface area contributed by atoms with Gasteiger partial charge in [0.25, 0.3) is 0 Å². The molecule has 3 nitrogen and oxygen atoms in total. The molecule has 0 aliphatic heterocycles. The molecule has 0 spiro atoms. The summed E-state index contributed by atoms with van der Waals surface area (Å²) < 4.78 is 0. The largest absolute Gasteiger partial charge is 0.481 e. The highest BCUT2D eigenvalue weighted by atomic mass is 16.4. The molecule has 2 bridgehead atoms. The average molecular weight is 253 g/mol. The molecule has 2 rings (SSSR count). The van der Waals surface area contributed by atoms with Gasteiger partial charge in [-0.2, -0.15) is 0 Å². The maximum Gasteiger partial charge on any atom is 0.308 e. The van der Waals surface area contributed by atoms with E-state index in [9.17, 15) is 9.90 Å². The third kappa shape index (κ3) is 2.71. The van der Waals surface area contributed by atoms with Gasteiger partial charge < -0.3 is 10.4 Å². The molecule has 2 N–H and O–H groups in total. The first-order valence-corrected chi connectivity index (χ1v) is 7.66. The lowest BCUT2D eigenvalue weighted by Gasteiger charge is -2.32. The summed E-state index contributed by atoms with van der Waals surface area (Å²) in [7, 11) is 0. The van der Waals surface area contributed by atoms with Crippen LogP contribution >= 0.6 is 0 Å². The van der Waals surface area contributed by atoms with Gasteiger partial charge in [-0.3, -0.25) is 4.79 Å².